The summed E-state index contributed by atoms with van der Waals surface area (Å²) in [4.78, 5) is 2.08. The van der Waals surface area contributed by atoms with E-state index in [2.05, 4.69) is 28.9 Å². The lowest BCUT2D eigenvalue weighted by Gasteiger charge is -2.24. The van der Waals surface area contributed by atoms with Gasteiger partial charge in [0.15, 0.2) is 0 Å². The Bertz CT molecular complexity index is 401. The molecule has 2 unspecified atom stereocenters. The van der Waals surface area contributed by atoms with Gasteiger partial charge >= 0.3 is 0 Å². The largest absolute Gasteiger partial charge is 0.424 e. The summed E-state index contributed by atoms with van der Waals surface area (Å²) in [5.74, 6) is 2.35. The molecular weight excluding hydrogens is 242 g/mol. The molecule has 1 aliphatic carbocycles. The van der Waals surface area contributed by atoms with E-state index in [4.69, 9.17) is 4.42 Å². The van der Waals surface area contributed by atoms with Gasteiger partial charge in [-0.15, -0.1) is 10.2 Å². The molecule has 0 spiro atoms. The Hall–Kier alpha value is -0.940. The zero-order chi connectivity index (χ0) is 14.0. The van der Waals surface area contributed by atoms with E-state index in [9.17, 15) is 5.11 Å². The van der Waals surface area contributed by atoms with Crippen molar-refractivity contribution in [2.75, 3.05) is 13.6 Å². The van der Waals surface area contributed by atoms with Crippen molar-refractivity contribution < 1.29 is 9.52 Å². The maximum atomic E-state index is 9.97. The van der Waals surface area contributed by atoms with E-state index in [-0.39, 0.29) is 12.1 Å². The predicted molar refractivity (Wildman–Crippen MR) is 72.6 cm³/mol. The van der Waals surface area contributed by atoms with Crippen LogP contribution in [0.15, 0.2) is 4.42 Å². The molecule has 108 valence electrons. The van der Waals surface area contributed by atoms with Crippen LogP contribution in [0.2, 0.25) is 0 Å². The third kappa shape index (κ3) is 4.01. The molecule has 2 atom stereocenters. The van der Waals surface area contributed by atoms with Crippen molar-refractivity contribution >= 4 is 0 Å². The number of likely N-dealkylation sites (N-methyl/N-ethyl adjacent to an activating group) is 1. The van der Waals surface area contributed by atoms with Crippen molar-refractivity contribution in [2.45, 2.75) is 52.2 Å². The fourth-order valence-electron chi connectivity index (χ4n) is 2.14. The first kappa shape index (κ1) is 14.5. The second-order valence-electron chi connectivity index (χ2n) is 6.15. The molecule has 5 nitrogen and oxygen atoms in total. The highest BCUT2D eigenvalue weighted by Gasteiger charge is 2.31. The fourth-order valence-corrected chi connectivity index (χ4v) is 2.14. The van der Waals surface area contributed by atoms with E-state index in [1.807, 2.05) is 14.0 Å². The van der Waals surface area contributed by atoms with Crippen LogP contribution in [-0.2, 0) is 6.42 Å². The molecule has 2 rings (SSSR count). The minimum absolute atomic E-state index is 0.0433. The van der Waals surface area contributed by atoms with Gasteiger partial charge in [-0.05, 0) is 38.6 Å². The maximum Gasteiger partial charge on any atom is 0.233 e. The summed E-state index contributed by atoms with van der Waals surface area (Å²) in [7, 11) is 1.99. The number of aliphatic hydroxyl groups is 1. The first-order valence-electron chi connectivity index (χ1n) is 7.18. The van der Waals surface area contributed by atoms with Gasteiger partial charge in [0.2, 0.25) is 11.8 Å². The van der Waals surface area contributed by atoms with Crippen LogP contribution in [0.25, 0.3) is 0 Å². The third-order valence-electron chi connectivity index (χ3n) is 3.73. The zero-order valence-corrected chi connectivity index (χ0v) is 12.3. The Balaban J connectivity index is 1.90. The molecule has 1 saturated carbocycles. The Morgan fingerprint density at radius 1 is 1.32 bits per heavy atom. The quantitative estimate of drug-likeness (QED) is 0.819. The molecule has 0 saturated heterocycles. The van der Waals surface area contributed by atoms with Crippen molar-refractivity contribution in [2.24, 2.45) is 11.8 Å². The Morgan fingerprint density at radius 3 is 2.58 bits per heavy atom. The molecule has 0 aromatic carbocycles. The molecule has 0 radical (unpaired) electrons. The molecule has 0 aliphatic heterocycles. The molecule has 5 heteroatoms. The minimum atomic E-state index is -0.231. The van der Waals surface area contributed by atoms with E-state index in [0.29, 0.717) is 30.2 Å². The average Bonchev–Trinajstić information content (AvgIpc) is 3.09. The van der Waals surface area contributed by atoms with Gasteiger partial charge in [-0.2, -0.15) is 0 Å². The Kier molecular flexibility index (Phi) is 4.58. The average molecular weight is 267 g/mol. The van der Waals surface area contributed by atoms with Crippen molar-refractivity contribution in [1.82, 2.24) is 15.1 Å². The summed E-state index contributed by atoms with van der Waals surface area (Å²) in [6.45, 7) is 6.96. The van der Waals surface area contributed by atoms with Gasteiger partial charge in [-0.25, -0.2) is 0 Å². The number of aliphatic hydroxyl groups excluding tert-OH is 1. The first-order chi connectivity index (χ1) is 8.97. The maximum absolute atomic E-state index is 9.97. The van der Waals surface area contributed by atoms with Gasteiger partial charge in [-0.1, -0.05) is 13.8 Å². The van der Waals surface area contributed by atoms with Crippen molar-refractivity contribution in [3.05, 3.63) is 11.8 Å². The summed E-state index contributed by atoms with van der Waals surface area (Å²) in [5.41, 5.74) is 0. The Morgan fingerprint density at radius 2 is 2.00 bits per heavy atom. The lowest BCUT2D eigenvalue weighted by molar-refractivity contribution is 0.0847. The van der Waals surface area contributed by atoms with Gasteiger partial charge in [0.05, 0.1) is 12.1 Å². The zero-order valence-electron chi connectivity index (χ0n) is 12.3. The summed E-state index contributed by atoms with van der Waals surface area (Å²) in [6.07, 6.45) is 2.89. The lowest BCUT2D eigenvalue weighted by atomic mass is 10.1. The van der Waals surface area contributed by atoms with Gasteiger partial charge in [-0.3, -0.25) is 4.90 Å². The van der Waals surface area contributed by atoms with Crippen LogP contribution in [0.1, 0.15) is 51.4 Å². The molecule has 1 aromatic rings. The molecular formula is C14H25N3O2. The van der Waals surface area contributed by atoms with Crippen LogP contribution < -0.4 is 0 Å². The van der Waals surface area contributed by atoms with Crippen LogP contribution in [-0.4, -0.2) is 39.9 Å². The molecule has 19 heavy (non-hydrogen) atoms. The second-order valence-corrected chi connectivity index (χ2v) is 6.15. The van der Waals surface area contributed by atoms with E-state index in [1.54, 1.807) is 0 Å². The van der Waals surface area contributed by atoms with E-state index >= 15 is 0 Å². The lowest BCUT2D eigenvalue weighted by Crippen LogP contribution is -2.32. The summed E-state index contributed by atoms with van der Waals surface area (Å²) >= 11 is 0. The van der Waals surface area contributed by atoms with Gasteiger partial charge < -0.3 is 9.52 Å². The number of nitrogens with zero attached hydrogens (tertiary/aromatic N) is 3. The smallest absolute Gasteiger partial charge is 0.233 e. The standard InChI is InChI=1S/C14H25N3O2/c1-9(2)7-13-15-16-14(19-13)10(3)17(4)8-12(18)11-5-6-11/h9-12,18H,5-8H2,1-4H3. The highest BCUT2D eigenvalue weighted by atomic mass is 16.4. The molecule has 1 heterocycles. The van der Waals surface area contributed by atoms with Crippen molar-refractivity contribution in [3.8, 4) is 0 Å². The summed E-state index contributed by atoms with van der Waals surface area (Å²) in [5, 5.41) is 18.2. The van der Waals surface area contributed by atoms with Gasteiger partial charge in [0, 0.05) is 13.0 Å². The SMILES string of the molecule is CC(C)Cc1nnc(C(C)N(C)CC(O)C2CC2)o1. The number of hydrogen-bond acceptors (Lipinski definition) is 5. The number of hydrogen-bond donors (Lipinski definition) is 1. The second kappa shape index (κ2) is 6.01. The topological polar surface area (TPSA) is 62.4 Å². The van der Waals surface area contributed by atoms with Gasteiger partial charge in [0.25, 0.3) is 0 Å². The van der Waals surface area contributed by atoms with Crippen molar-refractivity contribution in [3.63, 3.8) is 0 Å². The third-order valence-corrected chi connectivity index (χ3v) is 3.73. The number of aromatic nitrogens is 2. The molecule has 0 bridgehead atoms. The summed E-state index contributed by atoms with van der Waals surface area (Å²) < 4.78 is 5.69. The highest BCUT2D eigenvalue weighted by Crippen LogP contribution is 2.33. The monoisotopic (exact) mass is 267 g/mol. The van der Waals surface area contributed by atoms with Crippen LogP contribution in [0.3, 0.4) is 0 Å². The van der Waals surface area contributed by atoms with E-state index in [0.717, 1.165) is 19.3 Å². The van der Waals surface area contributed by atoms with Crippen LogP contribution in [0, 0.1) is 11.8 Å². The molecule has 0 amide bonds. The normalized spacial score (nSPS) is 19.1. The van der Waals surface area contributed by atoms with Crippen LogP contribution >= 0.6 is 0 Å². The highest BCUT2D eigenvalue weighted by molar-refractivity contribution is 4.91. The first-order valence-corrected chi connectivity index (χ1v) is 7.18. The molecule has 1 N–H and O–H groups in total. The van der Waals surface area contributed by atoms with Crippen LogP contribution in [0.5, 0.6) is 0 Å². The Labute approximate surface area is 115 Å². The van der Waals surface area contributed by atoms with E-state index in [1.165, 1.54) is 0 Å². The minimum Gasteiger partial charge on any atom is -0.424 e. The fraction of sp³-hybridized carbons (Fsp3) is 0.857. The van der Waals surface area contributed by atoms with E-state index < -0.39 is 0 Å². The van der Waals surface area contributed by atoms with Crippen molar-refractivity contribution in [1.29, 1.82) is 0 Å². The molecule has 1 aliphatic rings. The molecule has 1 aromatic heterocycles. The van der Waals surface area contributed by atoms with Gasteiger partial charge in [0.1, 0.15) is 0 Å². The predicted octanol–water partition coefficient (Wildman–Crippen LogP) is 2.03. The summed E-state index contributed by atoms with van der Waals surface area (Å²) in [6, 6.07) is 0.0433. The molecule has 1 fully saturated rings. The number of rotatable bonds is 7. The van der Waals surface area contributed by atoms with Crippen LogP contribution in [0.4, 0.5) is 0 Å².